The fourth-order valence-electron chi connectivity index (χ4n) is 3.43. The van der Waals surface area contributed by atoms with E-state index in [0.717, 1.165) is 26.2 Å². The summed E-state index contributed by atoms with van der Waals surface area (Å²) in [7, 11) is 1.88. The summed E-state index contributed by atoms with van der Waals surface area (Å²) in [6.07, 6.45) is 0.556. The minimum atomic E-state index is 0. The van der Waals surface area contributed by atoms with Crippen LogP contribution in [0.3, 0.4) is 0 Å². The van der Waals surface area contributed by atoms with Crippen LogP contribution in [0.1, 0.15) is 25.8 Å². The first kappa shape index (κ1) is 23.2. The van der Waals surface area contributed by atoms with Crippen molar-refractivity contribution in [2.45, 2.75) is 32.9 Å². The van der Waals surface area contributed by atoms with E-state index in [1.54, 1.807) is 0 Å². The number of halogens is 2. The molecule has 2 rings (SSSR count). The SMILES string of the molecule is CNCCC(=O)NC1C(C)CN(Cc2ccccc2)CC1C.Cl.Cl. The summed E-state index contributed by atoms with van der Waals surface area (Å²) in [5, 5.41) is 6.26. The lowest BCUT2D eigenvalue weighted by atomic mass is 9.85. The summed E-state index contributed by atoms with van der Waals surface area (Å²) < 4.78 is 0. The molecule has 1 fully saturated rings. The van der Waals surface area contributed by atoms with Crippen molar-refractivity contribution in [3.05, 3.63) is 35.9 Å². The molecule has 1 aliphatic heterocycles. The third-order valence-electron chi connectivity index (χ3n) is 4.50. The van der Waals surface area contributed by atoms with E-state index in [2.05, 4.69) is 59.7 Å². The van der Waals surface area contributed by atoms with E-state index < -0.39 is 0 Å². The summed E-state index contributed by atoms with van der Waals surface area (Å²) in [6.45, 7) is 8.30. The van der Waals surface area contributed by atoms with E-state index in [-0.39, 0.29) is 36.8 Å². The van der Waals surface area contributed by atoms with Gasteiger partial charge in [-0.05, 0) is 24.4 Å². The smallest absolute Gasteiger partial charge is 0.221 e. The van der Waals surface area contributed by atoms with E-state index in [1.807, 2.05) is 7.05 Å². The van der Waals surface area contributed by atoms with Crippen molar-refractivity contribution in [2.75, 3.05) is 26.7 Å². The Morgan fingerprint density at radius 2 is 1.71 bits per heavy atom. The van der Waals surface area contributed by atoms with Gasteiger partial charge in [0, 0.05) is 38.6 Å². The molecule has 0 bridgehead atoms. The molecule has 1 amide bonds. The van der Waals surface area contributed by atoms with Crippen molar-refractivity contribution in [2.24, 2.45) is 11.8 Å². The van der Waals surface area contributed by atoms with Crippen molar-refractivity contribution < 1.29 is 4.79 Å². The zero-order valence-electron chi connectivity index (χ0n) is 14.8. The molecule has 2 atom stereocenters. The molecule has 4 nitrogen and oxygen atoms in total. The summed E-state index contributed by atoms with van der Waals surface area (Å²) in [4.78, 5) is 14.5. The van der Waals surface area contributed by atoms with Crippen molar-refractivity contribution in [3.63, 3.8) is 0 Å². The van der Waals surface area contributed by atoms with Gasteiger partial charge >= 0.3 is 0 Å². The monoisotopic (exact) mass is 375 g/mol. The van der Waals surface area contributed by atoms with Crippen LogP contribution in [0.25, 0.3) is 0 Å². The minimum absolute atomic E-state index is 0. The summed E-state index contributed by atoms with van der Waals surface area (Å²) in [5.74, 6) is 1.12. The van der Waals surface area contributed by atoms with Crippen LogP contribution in [0.5, 0.6) is 0 Å². The first-order chi connectivity index (χ1) is 10.6. The normalized spacial score (nSPS) is 23.7. The average Bonchev–Trinajstić information content (AvgIpc) is 2.50. The number of amides is 1. The number of benzene rings is 1. The van der Waals surface area contributed by atoms with Gasteiger partial charge in [0.25, 0.3) is 0 Å². The van der Waals surface area contributed by atoms with Crippen molar-refractivity contribution >= 4 is 30.7 Å². The molecule has 0 radical (unpaired) electrons. The van der Waals surface area contributed by atoms with Gasteiger partial charge in [-0.2, -0.15) is 0 Å². The lowest BCUT2D eigenvalue weighted by molar-refractivity contribution is -0.123. The topological polar surface area (TPSA) is 44.4 Å². The Morgan fingerprint density at radius 3 is 2.25 bits per heavy atom. The highest BCUT2D eigenvalue weighted by Gasteiger charge is 2.32. The van der Waals surface area contributed by atoms with Gasteiger partial charge in [-0.3, -0.25) is 9.69 Å². The maximum Gasteiger partial charge on any atom is 0.221 e. The van der Waals surface area contributed by atoms with Crippen LogP contribution in [-0.2, 0) is 11.3 Å². The van der Waals surface area contributed by atoms with Gasteiger partial charge in [0.1, 0.15) is 0 Å². The van der Waals surface area contributed by atoms with Gasteiger partial charge in [-0.25, -0.2) is 0 Å². The van der Waals surface area contributed by atoms with E-state index in [9.17, 15) is 4.79 Å². The first-order valence-electron chi connectivity index (χ1n) is 8.30. The molecule has 138 valence electrons. The number of hydrogen-bond donors (Lipinski definition) is 2. The van der Waals surface area contributed by atoms with Crippen LogP contribution in [-0.4, -0.2) is 43.5 Å². The number of hydrogen-bond acceptors (Lipinski definition) is 3. The van der Waals surface area contributed by atoms with Gasteiger partial charge in [-0.15, -0.1) is 24.8 Å². The highest BCUT2D eigenvalue weighted by molar-refractivity contribution is 5.85. The zero-order valence-corrected chi connectivity index (χ0v) is 16.5. The average molecular weight is 376 g/mol. The zero-order chi connectivity index (χ0) is 15.9. The molecule has 1 aromatic carbocycles. The Bertz CT molecular complexity index is 461. The van der Waals surface area contributed by atoms with Crippen LogP contribution in [0.15, 0.2) is 30.3 Å². The highest BCUT2D eigenvalue weighted by Crippen LogP contribution is 2.23. The van der Waals surface area contributed by atoms with E-state index >= 15 is 0 Å². The van der Waals surface area contributed by atoms with Gasteiger partial charge in [0.05, 0.1) is 0 Å². The second kappa shape index (κ2) is 11.7. The third kappa shape index (κ3) is 6.98. The molecule has 6 heteroatoms. The maximum absolute atomic E-state index is 12.0. The fraction of sp³-hybridized carbons (Fsp3) is 0.611. The Morgan fingerprint density at radius 1 is 1.12 bits per heavy atom. The molecule has 1 aliphatic rings. The summed E-state index contributed by atoms with van der Waals surface area (Å²) in [6, 6.07) is 10.9. The molecular weight excluding hydrogens is 345 g/mol. The lowest BCUT2D eigenvalue weighted by Gasteiger charge is -2.41. The number of likely N-dealkylation sites (tertiary alicyclic amines) is 1. The molecule has 0 aliphatic carbocycles. The molecule has 1 aromatic rings. The van der Waals surface area contributed by atoms with Gasteiger partial charge in [0.2, 0.25) is 5.91 Å². The van der Waals surface area contributed by atoms with Crippen LogP contribution in [0.4, 0.5) is 0 Å². The number of piperidine rings is 1. The summed E-state index contributed by atoms with van der Waals surface area (Å²) >= 11 is 0. The number of carbonyl (C=O) groups excluding carboxylic acids is 1. The molecule has 1 saturated heterocycles. The second-order valence-electron chi connectivity index (χ2n) is 6.58. The first-order valence-corrected chi connectivity index (χ1v) is 8.30. The van der Waals surface area contributed by atoms with Gasteiger partial charge in [0.15, 0.2) is 0 Å². The fourth-order valence-corrected chi connectivity index (χ4v) is 3.43. The molecule has 24 heavy (non-hydrogen) atoms. The maximum atomic E-state index is 12.0. The Balaban J connectivity index is 0.00000264. The van der Waals surface area contributed by atoms with Crippen LogP contribution in [0.2, 0.25) is 0 Å². The van der Waals surface area contributed by atoms with Crippen molar-refractivity contribution in [3.8, 4) is 0 Å². The van der Waals surface area contributed by atoms with E-state index in [4.69, 9.17) is 0 Å². The molecule has 2 unspecified atom stereocenters. The molecule has 2 N–H and O–H groups in total. The number of carbonyl (C=O) groups is 1. The Hall–Kier alpha value is -0.810. The molecular formula is C18H31Cl2N3O. The molecule has 0 aromatic heterocycles. The van der Waals surface area contributed by atoms with E-state index in [1.165, 1.54) is 5.56 Å². The van der Waals surface area contributed by atoms with Gasteiger partial charge in [-0.1, -0.05) is 44.2 Å². The van der Waals surface area contributed by atoms with Gasteiger partial charge < -0.3 is 10.6 Å². The summed E-state index contributed by atoms with van der Waals surface area (Å²) in [5.41, 5.74) is 1.36. The largest absolute Gasteiger partial charge is 0.353 e. The van der Waals surface area contributed by atoms with Crippen LogP contribution < -0.4 is 10.6 Å². The third-order valence-corrected chi connectivity index (χ3v) is 4.50. The molecule has 0 spiro atoms. The second-order valence-corrected chi connectivity index (χ2v) is 6.58. The van der Waals surface area contributed by atoms with Crippen molar-refractivity contribution in [1.82, 2.24) is 15.5 Å². The lowest BCUT2D eigenvalue weighted by Crippen LogP contribution is -2.54. The number of nitrogens with one attached hydrogen (secondary N) is 2. The molecule has 0 saturated carbocycles. The minimum Gasteiger partial charge on any atom is -0.353 e. The predicted octanol–water partition coefficient (Wildman–Crippen LogP) is 2.71. The number of rotatable bonds is 6. The Labute approximate surface area is 158 Å². The highest BCUT2D eigenvalue weighted by atomic mass is 35.5. The Kier molecular flexibility index (Phi) is 11.3. The standard InChI is InChI=1S/C18H29N3O.2ClH/c1-14-11-21(13-16-7-5-4-6-8-16)12-15(2)18(14)20-17(22)9-10-19-3;;/h4-8,14-15,18-19H,9-13H2,1-3H3,(H,20,22);2*1H. The number of nitrogens with zero attached hydrogens (tertiary/aromatic N) is 1. The van der Waals surface area contributed by atoms with Crippen LogP contribution >= 0.6 is 24.8 Å². The predicted molar refractivity (Wildman–Crippen MR) is 105 cm³/mol. The van der Waals surface area contributed by atoms with Crippen LogP contribution in [0, 0.1) is 11.8 Å². The van der Waals surface area contributed by atoms with Crippen molar-refractivity contribution in [1.29, 1.82) is 0 Å². The van der Waals surface area contributed by atoms with E-state index in [0.29, 0.717) is 18.3 Å². The molecule has 1 heterocycles. The quantitative estimate of drug-likeness (QED) is 0.803.